The SMILES string of the molecule is Cc1c2cnn1CC13CC4(C)CC(C1)(C[C@](C)(C4)C3)OCCN(CCCc1cn(C[C@@H]3O[C@H](C(=O)O)[C@@H](O)[C@H](O)[C@H]3O)nn1)C(=O)OCc1ccc(cc1)NC(=O)[C@H](CCCNC(N)=O)NC(=O)[C@@H](NC(=O)CCCCCN1C(=O)C=CC1=O)C(C)C1CN(Cc3c(C(=O)Nc4nc5ccccc5s4)cccc31)c1ccc-2c(C(=O)O)n1. The van der Waals surface area contributed by atoms with Gasteiger partial charge in [0.1, 0.15) is 48.9 Å². The number of aromatic carboxylic acids is 1. The third kappa shape index (κ3) is 18.4. The van der Waals surface area contributed by atoms with Gasteiger partial charge in [0.15, 0.2) is 16.9 Å². The van der Waals surface area contributed by atoms with E-state index in [2.05, 4.69) is 55.7 Å². The van der Waals surface area contributed by atoms with E-state index in [0.717, 1.165) is 41.7 Å². The monoisotopic (exact) mass is 1630 g/mol. The number of para-hydroxylation sites is 1. The van der Waals surface area contributed by atoms with E-state index in [0.29, 0.717) is 88.5 Å². The van der Waals surface area contributed by atoms with Gasteiger partial charge in [0.2, 0.25) is 17.7 Å². The lowest BCUT2D eigenvalue weighted by Crippen LogP contribution is -2.64. The molecular formula is C82H98N16O18S. The Bertz CT molecular complexity index is 4940. The Balaban J connectivity index is 0.790. The van der Waals surface area contributed by atoms with Crippen molar-refractivity contribution in [2.24, 2.45) is 27.9 Å². The Morgan fingerprint density at radius 2 is 1.56 bits per heavy atom. The number of aliphatic carboxylic acids is 1. The van der Waals surface area contributed by atoms with Gasteiger partial charge in [-0.2, -0.15) is 5.10 Å². The Morgan fingerprint density at radius 3 is 2.29 bits per heavy atom. The van der Waals surface area contributed by atoms with Crippen LogP contribution in [0.15, 0.2) is 103 Å². The van der Waals surface area contributed by atoms with Crippen LogP contribution < -0.4 is 37.2 Å². The second-order valence-electron chi connectivity index (χ2n) is 33.2. The zero-order chi connectivity index (χ0) is 82.8. The van der Waals surface area contributed by atoms with E-state index in [4.69, 9.17) is 30.0 Å². The molecule has 0 radical (unpaired) electrons. The number of carboxylic acids is 2. The molecule has 4 aliphatic carbocycles. The van der Waals surface area contributed by atoms with E-state index in [1.54, 1.807) is 72.7 Å². The topological polar surface area (TPSA) is 470 Å². The van der Waals surface area contributed by atoms with Gasteiger partial charge in [0.25, 0.3) is 17.7 Å². The number of carboxylic acid groups (broad SMARTS) is 2. The Hall–Kier alpha value is -11.1. The Morgan fingerprint density at radius 1 is 0.795 bits per heavy atom. The fourth-order valence-electron chi connectivity index (χ4n) is 19.6. The smallest absolute Gasteiger partial charge is 0.410 e. The summed E-state index contributed by atoms with van der Waals surface area (Å²) in [6.07, 6.45) is 3.40. The van der Waals surface area contributed by atoms with E-state index in [1.165, 1.54) is 28.2 Å². The molecule has 9 amide bonds. The van der Waals surface area contributed by atoms with Crippen molar-refractivity contribution in [2.45, 2.75) is 198 Å². The van der Waals surface area contributed by atoms with Crippen LogP contribution in [0.3, 0.4) is 0 Å². The molecule has 12 bridgehead atoms. The van der Waals surface area contributed by atoms with E-state index < -0.39 is 120 Å². The number of aryl methyl sites for hydroxylation is 1. The summed E-state index contributed by atoms with van der Waals surface area (Å²) >= 11 is 1.29. The highest BCUT2D eigenvalue weighted by atomic mass is 32.1. The summed E-state index contributed by atoms with van der Waals surface area (Å²) in [6.45, 7) is 9.10. The van der Waals surface area contributed by atoms with Crippen molar-refractivity contribution in [3.8, 4) is 11.1 Å². The molecule has 18 rings (SSSR count). The number of anilines is 3. The molecule has 5 fully saturated rings. The van der Waals surface area contributed by atoms with Gasteiger partial charge >= 0.3 is 24.1 Å². The van der Waals surface area contributed by atoms with Gasteiger partial charge in [-0.15, -0.1) is 5.10 Å². The number of pyridine rings is 1. The number of carbonyl (C=O) groups is 10. The number of nitrogens with one attached hydrogen (secondary N) is 5. The maximum atomic E-state index is 15.7. The summed E-state index contributed by atoms with van der Waals surface area (Å²) in [6, 6.07) is 19.1. The van der Waals surface area contributed by atoms with Gasteiger partial charge in [-0.05, 0) is 165 Å². The molecule has 620 valence electrons. The second-order valence-corrected chi connectivity index (χ2v) is 34.3. The second kappa shape index (κ2) is 34.2. The molecule has 3 aromatic carbocycles. The van der Waals surface area contributed by atoms with Crippen molar-refractivity contribution in [2.75, 3.05) is 54.9 Å². The molecule has 11 aliphatic rings. The number of primary amides is 1. The normalized spacial score (nSPS) is 27.4. The Labute approximate surface area is 677 Å². The first-order valence-electron chi connectivity index (χ1n) is 39.7. The fourth-order valence-corrected chi connectivity index (χ4v) is 20.5. The van der Waals surface area contributed by atoms with Crippen LogP contribution in [0.5, 0.6) is 0 Å². The van der Waals surface area contributed by atoms with E-state index >= 15 is 4.79 Å². The number of hydrogen-bond donors (Lipinski definition) is 11. The number of urea groups is 1. The molecule has 13 atom stereocenters. The first-order valence-corrected chi connectivity index (χ1v) is 40.5. The molecule has 7 aromatic rings. The molecule has 1 saturated heterocycles. The standard InChI is InChI=1S/C82H98N16O18S/c1-46-55-35-95(36-56-51(55)14-10-15-53(56)71(105)91-77-88-57-16-7-8-18-60(57)117-77)61-25-24-52(66(89-61)74(108)109)54-33-85-98(47(54)2)45-81-40-79(3)39-80(4,41-81)43-82(42-79,44-81)115-32-31-94(29-12-13-50-34-96(93-92-50)37-59-67(102)68(103)69(104)70(116-59)75(110)111)78(113)114-38-48-20-22-49(23-21-48)86-72(106)58(17-11-28-84-76(83)112)87-73(107)65(46)90-62(99)19-6-5-9-30-97-63(100)26-27-64(97)101/h7-8,10,14-16,18,20-27,33-34,46,55,58-59,65,67-70,102-104H,5-6,9,11-13,17,19,28-32,35-45H2,1-4H3,(H,86,106)(H,87,107)(H,90,99)(H,108,109)(H,110,111)(H3,83,84,112)(H,88,91,105)/t46?,55?,58-,59-,65-,67-,68+,69-,70-,79+,80?,81?,82?/m0/s1. The molecule has 4 aromatic heterocycles. The number of amides is 9. The minimum Gasteiger partial charge on any atom is -0.479 e. The summed E-state index contributed by atoms with van der Waals surface area (Å²) in [4.78, 5) is 151. The van der Waals surface area contributed by atoms with Crippen LogP contribution in [0.4, 0.5) is 26.2 Å². The fraction of sp³-hybridized carbons (Fsp3) is 0.500. The number of carbonyl (C=O) groups excluding carboxylic acids is 8. The molecule has 117 heavy (non-hydrogen) atoms. The lowest BCUT2D eigenvalue weighted by molar-refractivity contribution is -0.248. The lowest BCUT2D eigenvalue weighted by Gasteiger charge is -2.69. The number of benzene rings is 3. The van der Waals surface area contributed by atoms with Crippen molar-refractivity contribution < 1.29 is 87.7 Å². The van der Waals surface area contributed by atoms with E-state index in [-0.39, 0.29) is 124 Å². The number of hydrogen-bond acceptors (Lipinski definition) is 23. The zero-order valence-corrected chi connectivity index (χ0v) is 66.3. The number of aromatic nitrogens is 7. The average molecular weight is 1630 g/mol. The summed E-state index contributed by atoms with van der Waals surface area (Å²) in [7, 11) is 0. The van der Waals surface area contributed by atoms with Crippen LogP contribution in [-0.2, 0) is 75.6 Å². The molecule has 5 unspecified atom stereocenters. The number of rotatable bonds is 21. The first-order chi connectivity index (χ1) is 55.9. The zero-order valence-electron chi connectivity index (χ0n) is 65.5. The predicted molar refractivity (Wildman–Crippen MR) is 424 cm³/mol. The van der Waals surface area contributed by atoms with Crippen molar-refractivity contribution in [3.63, 3.8) is 0 Å². The number of fused-ring (bicyclic) bond motifs is 2. The number of aliphatic hydroxyl groups excluding tert-OH is 3. The minimum absolute atomic E-state index is 0.0113. The van der Waals surface area contributed by atoms with Crippen molar-refractivity contribution in [1.82, 2.24) is 60.5 Å². The quantitative estimate of drug-likeness (QED) is 0.0276. The molecule has 34 nitrogen and oxygen atoms in total. The third-order valence-electron chi connectivity index (χ3n) is 24.0. The minimum atomic E-state index is -1.86. The van der Waals surface area contributed by atoms with Crippen molar-refractivity contribution in [1.29, 1.82) is 0 Å². The molecule has 2 spiro atoms. The van der Waals surface area contributed by atoms with Gasteiger partial charge in [-0.25, -0.2) is 33.8 Å². The molecule has 11 heterocycles. The van der Waals surface area contributed by atoms with Gasteiger partial charge in [0.05, 0.1) is 40.9 Å². The van der Waals surface area contributed by atoms with Crippen LogP contribution in [0.1, 0.15) is 159 Å². The predicted octanol–water partition coefficient (Wildman–Crippen LogP) is 6.34. The highest BCUT2D eigenvalue weighted by molar-refractivity contribution is 7.22. The van der Waals surface area contributed by atoms with Crippen LogP contribution in [0, 0.1) is 29.1 Å². The number of imide groups is 1. The van der Waals surface area contributed by atoms with Crippen LogP contribution >= 0.6 is 11.3 Å². The highest BCUT2D eigenvalue weighted by Gasteiger charge is 2.66. The first kappa shape index (κ1) is 82.4. The summed E-state index contributed by atoms with van der Waals surface area (Å²) in [5.74, 6) is -7.64. The molecule has 35 heteroatoms. The Kier molecular flexibility index (Phi) is 24.1. The molecule has 7 aliphatic heterocycles. The van der Waals surface area contributed by atoms with Crippen LogP contribution in [0.25, 0.3) is 21.3 Å². The number of nitrogens with two attached hydrogens (primary N) is 1. The number of unbranched alkanes of at least 4 members (excludes halogenated alkanes) is 2. The van der Waals surface area contributed by atoms with Gasteiger partial charge in [-0.1, -0.05) is 80.1 Å². The van der Waals surface area contributed by atoms with E-state index in [1.807, 2.05) is 46.8 Å². The third-order valence-corrected chi connectivity index (χ3v) is 25.0. The number of nitrogens with zero attached hydrogens (tertiary/aromatic N) is 10. The summed E-state index contributed by atoms with van der Waals surface area (Å²) < 4.78 is 22.9. The molecular weight excluding hydrogens is 1530 g/mol. The van der Waals surface area contributed by atoms with Crippen LogP contribution in [0.2, 0.25) is 0 Å². The van der Waals surface area contributed by atoms with Gasteiger partial charge in [0, 0.05) is 105 Å². The number of thiazole rings is 1. The maximum Gasteiger partial charge on any atom is 0.410 e. The highest BCUT2D eigenvalue weighted by Crippen LogP contribution is 2.72. The van der Waals surface area contributed by atoms with Crippen LogP contribution in [-0.4, -0.2) is 217 Å². The summed E-state index contributed by atoms with van der Waals surface area (Å²) in [5.41, 5.74) is 9.00. The summed E-state index contributed by atoms with van der Waals surface area (Å²) in [5, 5.41) is 80.5. The molecule has 4 saturated carbocycles. The van der Waals surface area contributed by atoms with Gasteiger partial charge in [-0.3, -0.25) is 43.7 Å². The lowest BCUT2D eigenvalue weighted by atomic mass is 9.39. The van der Waals surface area contributed by atoms with Gasteiger partial charge < -0.3 is 76.5 Å². The average Bonchev–Trinajstić information content (AvgIpc) is 1.08. The maximum absolute atomic E-state index is 15.7. The van der Waals surface area contributed by atoms with Crippen molar-refractivity contribution >= 4 is 97.7 Å². The van der Waals surface area contributed by atoms with Crippen molar-refractivity contribution in [3.05, 3.63) is 143 Å². The number of aliphatic hydroxyl groups is 3. The molecule has 12 N–H and O–H groups in total. The number of ether oxygens (including phenoxy) is 3. The van der Waals surface area contributed by atoms with E-state index in [9.17, 15) is 68.7 Å². The largest absolute Gasteiger partial charge is 0.479 e.